The molecule has 1 N–H and O–H groups in total. The predicted octanol–water partition coefficient (Wildman–Crippen LogP) is 5.02. The molecular weight excluding hydrogens is 458 g/mol. The molecule has 1 amide bonds. The molecule has 0 unspecified atom stereocenters. The SMILES string of the molecule is CCOC(=O)c1ccc(N2C(=O)c3[nH]nc(-c4ccc(OC)cc4)c3[C@H]2c2ccccc2OC)cc1. The number of esters is 1. The zero-order valence-corrected chi connectivity index (χ0v) is 20.1. The van der Waals surface area contributed by atoms with Gasteiger partial charge in [-0.05, 0) is 61.5 Å². The molecule has 5 rings (SSSR count). The largest absolute Gasteiger partial charge is 0.497 e. The fourth-order valence-electron chi connectivity index (χ4n) is 4.54. The highest BCUT2D eigenvalue weighted by molar-refractivity contribution is 6.12. The zero-order chi connectivity index (χ0) is 25.2. The number of aromatic nitrogens is 2. The Hall–Kier alpha value is -4.59. The molecule has 0 saturated heterocycles. The highest BCUT2D eigenvalue weighted by Gasteiger charge is 2.44. The number of anilines is 1. The first-order valence-electron chi connectivity index (χ1n) is 11.5. The second kappa shape index (κ2) is 9.58. The summed E-state index contributed by atoms with van der Waals surface area (Å²) in [6.45, 7) is 2.05. The molecule has 1 atom stereocenters. The highest BCUT2D eigenvalue weighted by atomic mass is 16.5. The molecule has 3 aromatic carbocycles. The van der Waals surface area contributed by atoms with Crippen molar-refractivity contribution in [3.63, 3.8) is 0 Å². The lowest BCUT2D eigenvalue weighted by atomic mass is 9.95. The maximum absolute atomic E-state index is 13.7. The summed E-state index contributed by atoms with van der Waals surface area (Å²) < 4.78 is 16.1. The second-order valence-corrected chi connectivity index (χ2v) is 8.18. The first kappa shape index (κ1) is 23.2. The summed E-state index contributed by atoms with van der Waals surface area (Å²) >= 11 is 0. The molecule has 8 nitrogen and oxygen atoms in total. The number of amides is 1. The number of carbonyl (C=O) groups excluding carboxylic acids is 2. The molecule has 0 spiro atoms. The van der Waals surface area contributed by atoms with E-state index in [-0.39, 0.29) is 12.5 Å². The quantitative estimate of drug-likeness (QED) is 0.371. The number of carbonyl (C=O) groups is 2. The molecule has 2 heterocycles. The Morgan fingerprint density at radius 1 is 0.972 bits per heavy atom. The van der Waals surface area contributed by atoms with Gasteiger partial charge in [-0.3, -0.25) is 14.8 Å². The number of rotatable bonds is 7. The highest BCUT2D eigenvalue weighted by Crippen LogP contribution is 2.47. The lowest BCUT2D eigenvalue weighted by Crippen LogP contribution is -2.29. The van der Waals surface area contributed by atoms with Gasteiger partial charge >= 0.3 is 5.97 Å². The number of aromatic amines is 1. The fraction of sp³-hybridized carbons (Fsp3) is 0.179. The third-order valence-corrected chi connectivity index (χ3v) is 6.22. The number of nitrogens with zero attached hydrogens (tertiary/aromatic N) is 2. The van der Waals surface area contributed by atoms with Crippen LogP contribution in [0.15, 0.2) is 72.8 Å². The van der Waals surface area contributed by atoms with E-state index in [9.17, 15) is 9.59 Å². The molecule has 1 aromatic heterocycles. The molecule has 0 radical (unpaired) electrons. The lowest BCUT2D eigenvalue weighted by molar-refractivity contribution is 0.0526. The maximum Gasteiger partial charge on any atom is 0.338 e. The van der Waals surface area contributed by atoms with Gasteiger partial charge in [-0.15, -0.1) is 0 Å². The number of nitrogens with one attached hydrogen (secondary N) is 1. The van der Waals surface area contributed by atoms with Crippen LogP contribution < -0.4 is 14.4 Å². The van der Waals surface area contributed by atoms with Gasteiger partial charge < -0.3 is 14.2 Å². The number of ether oxygens (including phenoxy) is 3. The Kier molecular flexibility index (Phi) is 6.16. The molecule has 1 aliphatic heterocycles. The van der Waals surface area contributed by atoms with Crippen LogP contribution in [0, 0.1) is 0 Å². The molecule has 0 fully saturated rings. The van der Waals surface area contributed by atoms with Crippen molar-refractivity contribution in [1.29, 1.82) is 0 Å². The van der Waals surface area contributed by atoms with Crippen LogP contribution in [0.25, 0.3) is 11.3 Å². The number of methoxy groups -OCH3 is 2. The number of hydrogen-bond donors (Lipinski definition) is 1. The van der Waals surface area contributed by atoms with E-state index in [1.807, 2.05) is 48.5 Å². The third-order valence-electron chi connectivity index (χ3n) is 6.22. The van der Waals surface area contributed by atoms with Gasteiger partial charge in [0.05, 0.1) is 38.1 Å². The Labute approximate surface area is 208 Å². The smallest absolute Gasteiger partial charge is 0.338 e. The van der Waals surface area contributed by atoms with Crippen molar-refractivity contribution in [2.75, 3.05) is 25.7 Å². The summed E-state index contributed by atoms with van der Waals surface area (Å²) in [7, 11) is 3.22. The molecule has 36 heavy (non-hydrogen) atoms. The molecule has 0 aliphatic carbocycles. The van der Waals surface area contributed by atoms with E-state index in [1.165, 1.54) is 0 Å². The van der Waals surface area contributed by atoms with Gasteiger partial charge in [-0.2, -0.15) is 5.10 Å². The Morgan fingerprint density at radius 3 is 2.36 bits per heavy atom. The monoisotopic (exact) mass is 483 g/mol. The van der Waals surface area contributed by atoms with Crippen LogP contribution in [0.2, 0.25) is 0 Å². The fourth-order valence-corrected chi connectivity index (χ4v) is 4.54. The second-order valence-electron chi connectivity index (χ2n) is 8.18. The van der Waals surface area contributed by atoms with Crippen molar-refractivity contribution in [3.05, 3.63) is 95.2 Å². The lowest BCUT2D eigenvalue weighted by Gasteiger charge is -2.27. The van der Waals surface area contributed by atoms with E-state index in [4.69, 9.17) is 14.2 Å². The van der Waals surface area contributed by atoms with Gasteiger partial charge in [0.2, 0.25) is 0 Å². The van der Waals surface area contributed by atoms with Crippen molar-refractivity contribution in [2.24, 2.45) is 0 Å². The van der Waals surface area contributed by atoms with Crippen LogP contribution in [-0.2, 0) is 4.74 Å². The number of hydrogen-bond acceptors (Lipinski definition) is 6. The molecule has 8 heteroatoms. The average Bonchev–Trinajstić information content (AvgIpc) is 3.47. The van der Waals surface area contributed by atoms with E-state index < -0.39 is 12.0 Å². The van der Waals surface area contributed by atoms with Crippen LogP contribution in [-0.4, -0.2) is 42.9 Å². The normalized spacial score (nSPS) is 14.5. The summed E-state index contributed by atoms with van der Waals surface area (Å²) in [6.07, 6.45) is 0. The minimum atomic E-state index is -0.507. The number of para-hydroxylation sites is 1. The number of fused-ring (bicyclic) bond motifs is 1. The van der Waals surface area contributed by atoms with Gasteiger partial charge in [0.15, 0.2) is 0 Å². The molecule has 4 aromatic rings. The Balaban J connectivity index is 1.65. The molecular formula is C28H25N3O5. The minimum Gasteiger partial charge on any atom is -0.497 e. The Bertz CT molecular complexity index is 1410. The Morgan fingerprint density at radius 2 is 1.69 bits per heavy atom. The molecule has 182 valence electrons. The minimum absolute atomic E-state index is 0.225. The van der Waals surface area contributed by atoms with Crippen molar-refractivity contribution < 1.29 is 23.8 Å². The predicted molar refractivity (Wildman–Crippen MR) is 135 cm³/mol. The summed E-state index contributed by atoms with van der Waals surface area (Å²) in [5.74, 6) is 0.746. The van der Waals surface area contributed by atoms with Gasteiger partial charge in [-0.25, -0.2) is 4.79 Å². The summed E-state index contributed by atoms with van der Waals surface area (Å²) in [4.78, 5) is 27.6. The maximum atomic E-state index is 13.7. The van der Waals surface area contributed by atoms with E-state index in [1.54, 1.807) is 50.3 Å². The first-order chi connectivity index (χ1) is 17.6. The first-order valence-corrected chi connectivity index (χ1v) is 11.5. The number of benzene rings is 3. The van der Waals surface area contributed by atoms with E-state index in [0.29, 0.717) is 28.4 Å². The zero-order valence-electron chi connectivity index (χ0n) is 20.1. The van der Waals surface area contributed by atoms with E-state index in [0.717, 1.165) is 22.4 Å². The van der Waals surface area contributed by atoms with E-state index in [2.05, 4.69) is 10.2 Å². The van der Waals surface area contributed by atoms with Gasteiger partial charge in [0, 0.05) is 22.4 Å². The summed E-state index contributed by atoms with van der Waals surface area (Å²) in [5.41, 5.74) is 4.55. The molecule has 0 saturated carbocycles. The van der Waals surface area contributed by atoms with Crippen molar-refractivity contribution in [1.82, 2.24) is 10.2 Å². The van der Waals surface area contributed by atoms with Gasteiger partial charge in [-0.1, -0.05) is 18.2 Å². The molecule has 1 aliphatic rings. The van der Waals surface area contributed by atoms with Crippen LogP contribution in [0.5, 0.6) is 11.5 Å². The standard InChI is InChI=1S/C28H25N3O5/c1-4-36-28(33)18-9-13-19(14-10-18)31-26(21-7-5-6-8-22(21)35-3)23-24(29-30-25(23)27(31)32)17-11-15-20(34-2)16-12-17/h5-16,26H,4H2,1-3H3,(H,29,30)/t26-/m1/s1. The van der Waals surface area contributed by atoms with Crippen LogP contribution in [0.1, 0.15) is 44.9 Å². The van der Waals surface area contributed by atoms with Gasteiger partial charge in [0.25, 0.3) is 5.91 Å². The third kappa shape index (κ3) is 3.86. The van der Waals surface area contributed by atoms with Crippen molar-refractivity contribution in [3.8, 4) is 22.8 Å². The summed E-state index contributed by atoms with van der Waals surface area (Å²) in [6, 6.07) is 21.5. The van der Waals surface area contributed by atoms with Crippen molar-refractivity contribution >= 4 is 17.6 Å². The van der Waals surface area contributed by atoms with E-state index >= 15 is 0 Å². The number of H-pyrrole nitrogens is 1. The van der Waals surface area contributed by atoms with Gasteiger partial charge in [0.1, 0.15) is 17.2 Å². The van der Waals surface area contributed by atoms with Crippen LogP contribution in [0.4, 0.5) is 5.69 Å². The topological polar surface area (TPSA) is 93.8 Å². The van der Waals surface area contributed by atoms with Crippen LogP contribution in [0.3, 0.4) is 0 Å². The molecule has 0 bridgehead atoms. The average molecular weight is 484 g/mol. The van der Waals surface area contributed by atoms with Crippen molar-refractivity contribution in [2.45, 2.75) is 13.0 Å². The van der Waals surface area contributed by atoms with Crippen LogP contribution >= 0.6 is 0 Å². The summed E-state index contributed by atoms with van der Waals surface area (Å²) in [5, 5.41) is 7.47.